The largest absolute Gasteiger partial charge is 0.315 e. The second-order valence-corrected chi connectivity index (χ2v) is 8.25. The Morgan fingerprint density at radius 1 is 1.06 bits per heavy atom. The third-order valence-corrected chi connectivity index (χ3v) is 8.16. The zero-order valence-electron chi connectivity index (χ0n) is 13.9. The van der Waals surface area contributed by atoms with Crippen LogP contribution in [0.25, 0.3) is 0 Å². The van der Waals surface area contributed by atoms with E-state index in [1.54, 1.807) is 0 Å². The van der Waals surface area contributed by atoms with Crippen molar-refractivity contribution < 1.29 is 4.48 Å². The SMILES string of the molecule is CCNC1(C)C2(C)C(C)C[N+](C)(C1(C)C)C2(C)C. The standard InChI is InChI=1S/C16H33N2/c1-10-17-16(8)14(5,6)18(9)11-12(2)15(16,7)13(18,3)4/h12,17H,10-11H2,1-9H3/q+1. The lowest BCUT2D eigenvalue weighted by Crippen LogP contribution is -2.73. The van der Waals surface area contributed by atoms with Crippen LogP contribution in [0.1, 0.15) is 55.4 Å². The van der Waals surface area contributed by atoms with E-state index in [1.807, 2.05) is 0 Å². The fraction of sp³-hybridized carbons (Fsp3) is 1.00. The minimum absolute atomic E-state index is 0.185. The van der Waals surface area contributed by atoms with Crippen molar-refractivity contribution >= 4 is 0 Å². The molecule has 4 atom stereocenters. The highest BCUT2D eigenvalue weighted by atomic mass is 15.5. The number of nitrogens with one attached hydrogen (secondary N) is 1. The van der Waals surface area contributed by atoms with Crippen LogP contribution in [-0.4, -0.2) is 41.2 Å². The monoisotopic (exact) mass is 253 g/mol. The van der Waals surface area contributed by atoms with Crippen molar-refractivity contribution in [2.24, 2.45) is 11.3 Å². The molecule has 2 saturated heterocycles. The molecular weight excluding hydrogens is 220 g/mol. The summed E-state index contributed by atoms with van der Waals surface area (Å²) in [5.74, 6) is 0.759. The lowest BCUT2D eigenvalue weighted by Gasteiger charge is -2.55. The van der Waals surface area contributed by atoms with Crippen LogP contribution in [0.4, 0.5) is 0 Å². The van der Waals surface area contributed by atoms with E-state index in [1.165, 1.54) is 11.0 Å². The Hall–Kier alpha value is -0.0800. The van der Waals surface area contributed by atoms with Gasteiger partial charge < -0.3 is 9.80 Å². The fourth-order valence-corrected chi connectivity index (χ4v) is 5.99. The quantitative estimate of drug-likeness (QED) is 0.746. The van der Waals surface area contributed by atoms with Crippen molar-refractivity contribution in [1.82, 2.24) is 5.32 Å². The molecular formula is C16H33N2+. The van der Waals surface area contributed by atoms with Gasteiger partial charge in [-0.25, -0.2) is 0 Å². The summed E-state index contributed by atoms with van der Waals surface area (Å²) in [5, 5.41) is 3.88. The molecule has 2 nitrogen and oxygen atoms in total. The number of piperidine rings is 1. The number of likely N-dealkylation sites (N-methyl/N-ethyl adjacent to an activating group) is 2. The summed E-state index contributed by atoms with van der Waals surface area (Å²) >= 11 is 0. The van der Waals surface area contributed by atoms with Gasteiger partial charge in [-0.05, 0) is 41.2 Å². The van der Waals surface area contributed by atoms with Crippen molar-refractivity contribution in [2.75, 3.05) is 20.1 Å². The molecule has 2 heterocycles. The first kappa shape index (κ1) is 14.3. The van der Waals surface area contributed by atoms with Crippen molar-refractivity contribution in [1.29, 1.82) is 0 Å². The molecule has 0 aromatic carbocycles. The van der Waals surface area contributed by atoms with Gasteiger partial charge in [0.15, 0.2) is 0 Å². The number of fused-ring (bicyclic) bond motifs is 2. The highest BCUT2D eigenvalue weighted by molar-refractivity contribution is 5.25. The van der Waals surface area contributed by atoms with Crippen LogP contribution in [0.2, 0.25) is 0 Å². The van der Waals surface area contributed by atoms with E-state index in [2.05, 4.69) is 67.8 Å². The molecule has 2 heteroatoms. The average molecular weight is 253 g/mol. The van der Waals surface area contributed by atoms with Gasteiger partial charge in [0.05, 0.1) is 24.5 Å². The third kappa shape index (κ3) is 0.987. The van der Waals surface area contributed by atoms with Crippen LogP contribution in [0.3, 0.4) is 0 Å². The molecule has 0 spiro atoms. The first-order valence-corrected chi connectivity index (χ1v) is 7.55. The lowest BCUT2D eigenvalue weighted by molar-refractivity contribution is -0.979. The maximum atomic E-state index is 3.88. The number of rotatable bonds is 2. The topological polar surface area (TPSA) is 12.0 Å². The molecule has 2 aliphatic rings. The smallest absolute Gasteiger partial charge is 0.113 e. The van der Waals surface area contributed by atoms with Gasteiger partial charge in [-0.3, -0.25) is 0 Å². The number of hydrogen-bond acceptors (Lipinski definition) is 1. The minimum atomic E-state index is 0.185. The third-order valence-electron chi connectivity index (χ3n) is 8.16. The van der Waals surface area contributed by atoms with E-state index in [9.17, 15) is 0 Å². The Labute approximate surface area is 114 Å². The maximum Gasteiger partial charge on any atom is 0.113 e. The predicted molar refractivity (Wildman–Crippen MR) is 78.6 cm³/mol. The average Bonchev–Trinajstić information content (AvgIpc) is 2.41. The van der Waals surface area contributed by atoms with E-state index in [-0.39, 0.29) is 11.1 Å². The summed E-state index contributed by atoms with van der Waals surface area (Å²) in [6.45, 7) is 22.0. The zero-order valence-corrected chi connectivity index (χ0v) is 13.9. The molecule has 2 bridgehead atoms. The van der Waals surface area contributed by atoms with E-state index in [0.29, 0.717) is 11.0 Å². The molecule has 4 unspecified atom stereocenters. The predicted octanol–water partition coefficient (Wildman–Crippen LogP) is 3.03. The molecule has 0 aromatic heterocycles. The Bertz CT molecular complexity index is 373. The van der Waals surface area contributed by atoms with E-state index in [4.69, 9.17) is 0 Å². The van der Waals surface area contributed by atoms with Gasteiger partial charge in [0.25, 0.3) is 0 Å². The summed E-state index contributed by atoms with van der Waals surface area (Å²) in [6.07, 6.45) is 0. The molecule has 0 aromatic rings. The first-order valence-electron chi connectivity index (χ1n) is 7.55. The van der Waals surface area contributed by atoms with Gasteiger partial charge in [0.2, 0.25) is 0 Å². The van der Waals surface area contributed by atoms with Crippen molar-refractivity contribution in [2.45, 2.75) is 72.0 Å². The Balaban J connectivity index is 2.72. The summed E-state index contributed by atoms with van der Waals surface area (Å²) in [4.78, 5) is 0. The van der Waals surface area contributed by atoms with Crippen LogP contribution in [0.5, 0.6) is 0 Å². The van der Waals surface area contributed by atoms with Crippen LogP contribution in [0, 0.1) is 11.3 Å². The van der Waals surface area contributed by atoms with Gasteiger partial charge in [-0.2, -0.15) is 0 Å². The molecule has 2 aliphatic heterocycles. The van der Waals surface area contributed by atoms with Crippen LogP contribution < -0.4 is 5.32 Å². The molecule has 0 saturated carbocycles. The molecule has 106 valence electrons. The van der Waals surface area contributed by atoms with Crippen molar-refractivity contribution in [3.05, 3.63) is 0 Å². The number of quaternary nitrogens is 1. The van der Waals surface area contributed by atoms with Gasteiger partial charge in [0.1, 0.15) is 11.1 Å². The van der Waals surface area contributed by atoms with Crippen LogP contribution in [-0.2, 0) is 0 Å². The summed E-state index contributed by atoms with van der Waals surface area (Å²) in [5.41, 5.74) is 1.08. The van der Waals surface area contributed by atoms with Gasteiger partial charge in [-0.1, -0.05) is 20.8 Å². The second-order valence-electron chi connectivity index (χ2n) is 8.25. The first-order chi connectivity index (χ1) is 7.94. The molecule has 2 fully saturated rings. The van der Waals surface area contributed by atoms with Crippen molar-refractivity contribution in [3.8, 4) is 0 Å². The lowest BCUT2D eigenvalue weighted by atomic mass is 9.55. The fourth-order valence-electron chi connectivity index (χ4n) is 5.99. The Kier molecular flexibility index (Phi) is 2.65. The number of nitrogens with zero attached hydrogens (tertiary/aromatic N) is 1. The molecule has 1 N–H and O–H groups in total. The molecule has 0 radical (unpaired) electrons. The van der Waals surface area contributed by atoms with Gasteiger partial charge in [-0.15, -0.1) is 0 Å². The summed E-state index contributed by atoms with van der Waals surface area (Å²) in [7, 11) is 2.48. The zero-order chi connectivity index (χ0) is 14.2. The second kappa shape index (κ2) is 3.32. The number of hydrogen-bond donors (Lipinski definition) is 1. The van der Waals surface area contributed by atoms with Crippen molar-refractivity contribution in [3.63, 3.8) is 0 Å². The van der Waals surface area contributed by atoms with Gasteiger partial charge >= 0.3 is 0 Å². The molecule has 18 heavy (non-hydrogen) atoms. The maximum absolute atomic E-state index is 3.88. The summed E-state index contributed by atoms with van der Waals surface area (Å²) < 4.78 is 1.18. The highest BCUT2D eigenvalue weighted by Gasteiger charge is 2.84. The van der Waals surface area contributed by atoms with E-state index in [0.717, 1.165) is 12.5 Å². The normalized spacial score (nSPS) is 52.8. The van der Waals surface area contributed by atoms with Gasteiger partial charge in [0, 0.05) is 5.92 Å². The highest BCUT2D eigenvalue weighted by Crippen LogP contribution is 2.70. The van der Waals surface area contributed by atoms with Crippen LogP contribution in [0.15, 0.2) is 0 Å². The molecule has 0 aliphatic carbocycles. The van der Waals surface area contributed by atoms with E-state index >= 15 is 0 Å². The Morgan fingerprint density at radius 2 is 1.56 bits per heavy atom. The van der Waals surface area contributed by atoms with E-state index < -0.39 is 0 Å². The molecule has 0 amide bonds. The minimum Gasteiger partial charge on any atom is -0.315 e. The summed E-state index contributed by atoms with van der Waals surface area (Å²) in [6, 6.07) is 0. The molecule has 2 rings (SSSR count). The Morgan fingerprint density at radius 3 is 1.94 bits per heavy atom. The van der Waals surface area contributed by atoms with Crippen LogP contribution >= 0.6 is 0 Å².